The molecule has 3 aromatic carbocycles. The summed E-state index contributed by atoms with van der Waals surface area (Å²) in [6, 6.07) is 15.0. The first-order chi connectivity index (χ1) is 15.3. The second-order valence-electron chi connectivity index (χ2n) is 7.27. The number of likely N-dealkylation sites (tertiary alicyclic amines) is 1. The van der Waals surface area contributed by atoms with Gasteiger partial charge in [-0.1, -0.05) is 41.4 Å². The molecule has 0 bridgehead atoms. The predicted molar refractivity (Wildman–Crippen MR) is 119 cm³/mol. The van der Waals surface area contributed by atoms with E-state index in [0.717, 1.165) is 0 Å². The fraction of sp³-hybridized carbons (Fsp3) is 0.0833. The van der Waals surface area contributed by atoms with E-state index >= 15 is 0 Å². The Kier molecular flexibility index (Phi) is 5.91. The van der Waals surface area contributed by atoms with Crippen molar-refractivity contribution < 1.29 is 24.2 Å². The summed E-state index contributed by atoms with van der Waals surface area (Å²) in [6.45, 7) is -0.00852. The third-order valence-corrected chi connectivity index (χ3v) is 5.77. The van der Waals surface area contributed by atoms with Crippen LogP contribution in [0.25, 0.3) is 5.76 Å². The van der Waals surface area contributed by atoms with Crippen molar-refractivity contribution in [2.75, 3.05) is 0 Å². The van der Waals surface area contributed by atoms with E-state index in [2.05, 4.69) is 0 Å². The fourth-order valence-electron chi connectivity index (χ4n) is 3.63. The van der Waals surface area contributed by atoms with Crippen molar-refractivity contribution in [3.63, 3.8) is 0 Å². The molecule has 5 nitrogen and oxygen atoms in total. The van der Waals surface area contributed by atoms with Crippen molar-refractivity contribution in [2.24, 2.45) is 0 Å². The Morgan fingerprint density at radius 2 is 1.62 bits per heavy atom. The van der Waals surface area contributed by atoms with E-state index in [1.54, 1.807) is 12.1 Å². The molecule has 1 heterocycles. The lowest BCUT2D eigenvalue weighted by Gasteiger charge is -2.25. The first-order valence-electron chi connectivity index (χ1n) is 9.53. The van der Waals surface area contributed by atoms with Gasteiger partial charge in [-0.05, 0) is 59.7 Å². The number of aliphatic hydroxyl groups excluding tert-OH is 1. The van der Waals surface area contributed by atoms with Crippen molar-refractivity contribution in [1.29, 1.82) is 0 Å². The zero-order valence-electron chi connectivity index (χ0n) is 16.4. The Morgan fingerprint density at radius 3 is 2.25 bits per heavy atom. The number of carbonyl (C=O) groups is 2. The lowest BCUT2D eigenvalue weighted by Crippen LogP contribution is -2.29. The van der Waals surface area contributed by atoms with E-state index in [9.17, 15) is 24.2 Å². The van der Waals surface area contributed by atoms with Crippen LogP contribution in [0.4, 0.5) is 4.39 Å². The maximum absolute atomic E-state index is 13.3. The van der Waals surface area contributed by atoms with E-state index in [0.29, 0.717) is 21.7 Å². The Balaban J connectivity index is 1.87. The van der Waals surface area contributed by atoms with Gasteiger partial charge in [0.05, 0.1) is 16.6 Å². The summed E-state index contributed by atoms with van der Waals surface area (Å²) < 4.78 is 13.3. The number of hydrogen-bond donors (Lipinski definition) is 2. The van der Waals surface area contributed by atoms with Gasteiger partial charge < -0.3 is 15.1 Å². The molecule has 0 aromatic heterocycles. The van der Waals surface area contributed by atoms with Crippen LogP contribution in [0.1, 0.15) is 22.7 Å². The van der Waals surface area contributed by atoms with Gasteiger partial charge in [-0.3, -0.25) is 9.59 Å². The molecule has 1 atom stereocenters. The molecule has 162 valence electrons. The third-order valence-electron chi connectivity index (χ3n) is 5.21. The van der Waals surface area contributed by atoms with Crippen LogP contribution in [0.5, 0.6) is 5.75 Å². The van der Waals surface area contributed by atoms with Crippen LogP contribution in [0.2, 0.25) is 10.0 Å². The smallest absolute Gasteiger partial charge is 0.295 e. The van der Waals surface area contributed by atoms with Crippen LogP contribution < -0.4 is 0 Å². The minimum atomic E-state index is -0.978. The minimum absolute atomic E-state index is 0.00852. The standard InChI is InChI=1S/C24H16Cl2FNO4/c25-16-6-3-14(4-7-16)22(30)20-21(15-5-10-19(29)18(26)11-15)28(24(32)23(20)31)12-13-1-8-17(27)9-2-13/h1-11,21,29-30H,12H2/b22-20-. The number of amides is 1. The number of halogens is 3. The molecule has 4 rings (SSSR count). The highest BCUT2D eigenvalue weighted by Crippen LogP contribution is 2.42. The number of nitrogens with zero attached hydrogens (tertiary/aromatic N) is 1. The van der Waals surface area contributed by atoms with Gasteiger partial charge in [0.1, 0.15) is 17.3 Å². The Morgan fingerprint density at radius 1 is 0.969 bits per heavy atom. The molecule has 8 heteroatoms. The Labute approximate surface area is 192 Å². The van der Waals surface area contributed by atoms with Crippen LogP contribution in [-0.4, -0.2) is 26.8 Å². The molecular weight excluding hydrogens is 456 g/mol. The molecule has 1 aliphatic heterocycles. The zero-order valence-corrected chi connectivity index (χ0v) is 17.9. The molecule has 1 unspecified atom stereocenters. The average molecular weight is 472 g/mol. The fourth-order valence-corrected chi connectivity index (χ4v) is 3.95. The molecule has 1 aliphatic rings. The number of rotatable bonds is 4. The number of aliphatic hydroxyl groups is 1. The summed E-state index contributed by atoms with van der Waals surface area (Å²) in [7, 11) is 0. The van der Waals surface area contributed by atoms with Gasteiger partial charge in [0.25, 0.3) is 11.7 Å². The normalized spacial score (nSPS) is 17.7. The highest BCUT2D eigenvalue weighted by atomic mass is 35.5. The van der Waals surface area contributed by atoms with Crippen LogP contribution >= 0.6 is 23.2 Å². The van der Waals surface area contributed by atoms with Gasteiger partial charge in [-0.2, -0.15) is 0 Å². The number of hydrogen-bond acceptors (Lipinski definition) is 4. The first kappa shape index (κ1) is 21.9. The van der Waals surface area contributed by atoms with Gasteiger partial charge >= 0.3 is 0 Å². The SMILES string of the molecule is O=C1C(=O)N(Cc2ccc(F)cc2)C(c2ccc(O)c(Cl)c2)/C1=C(/O)c1ccc(Cl)cc1. The predicted octanol–water partition coefficient (Wildman–Crippen LogP) is 5.46. The highest BCUT2D eigenvalue weighted by molar-refractivity contribution is 6.46. The summed E-state index contributed by atoms with van der Waals surface area (Å²) in [6.07, 6.45) is 0. The number of Topliss-reactive ketones (excluding diaryl/α,β-unsaturated/α-hetero) is 1. The largest absolute Gasteiger partial charge is 0.507 e. The lowest BCUT2D eigenvalue weighted by molar-refractivity contribution is -0.140. The second kappa shape index (κ2) is 8.65. The maximum Gasteiger partial charge on any atom is 0.295 e. The van der Waals surface area contributed by atoms with Gasteiger partial charge in [0, 0.05) is 17.1 Å². The molecule has 3 aromatic rings. The van der Waals surface area contributed by atoms with Crippen LogP contribution in [-0.2, 0) is 16.1 Å². The monoisotopic (exact) mass is 471 g/mol. The lowest BCUT2D eigenvalue weighted by atomic mass is 9.95. The summed E-state index contributed by atoms with van der Waals surface area (Å²) in [5.74, 6) is -2.65. The number of phenolic OH excluding ortho intramolecular Hbond substituents is 1. The second-order valence-corrected chi connectivity index (χ2v) is 8.11. The van der Waals surface area contributed by atoms with Crippen LogP contribution in [0.15, 0.2) is 72.3 Å². The van der Waals surface area contributed by atoms with E-state index in [-0.39, 0.29) is 28.6 Å². The number of ketones is 1. The van der Waals surface area contributed by atoms with E-state index in [4.69, 9.17) is 23.2 Å². The molecule has 1 amide bonds. The molecule has 1 fully saturated rings. The first-order valence-corrected chi connectivity index (χ1v) is 10.3. The van der Waals surface area contributed by atoms with E-state index < -0.39 is 23.5 Å². The molecule has 0 spiro atoms. The minimum Gasteiger partial charge on any atom is -0.507 e. The van der Waals surface area contributed by atoms with Crippen molar-refractivity contribution in [3.05, 3.63) is 105 Å². The van der Waals surface area contributed by atoms with Gasteiger partial charge in [0.2, 0.25) is 0 Å². The van der Waals surface area contributed by atoms with Crippen molar-refractivity contribution in [1.82, 2.24) is 4.90 Å². The van der Waals surface area contributed by atoms with E-state index in [1.807, 2.05) is 0 Å². The molecule has 0 radical (unpaired) electrons. The summed E-state index contributed by atoms with van der Waals surface area (Å²) in [4.78, 5) is 27.2. The molecule has 32 heavy (non-hydrogen) atoms. The van der Waals surface area contributed by atoms with Crippen molar-refractivity contribution in [3.8, 4) is 5.75 Å². The number of carbonyl (C=O) groups excluding carboxylic acids is 2. The summed E-state index contributed by atoms with van der Waals surface area (Å²) >= 11 is 12.0. The maximum atomic E-state index is 13.3. The van der Waals surface area contributed by atoms with Crippen LogP contribution in [0, 0.1) is 5.82 Å². The number of aromatic hydroxyl groups is 1. The molecule has 1 saturated heterocycles. The molecular formula is C24H16Cl2FNO4. The average Bonchev–Trinajstić information content (AvgIpc) is 3.02. The quantitative estimate of drug-likeness (QED) is 0.300. The van der Waals surface area contributed by atoms with Crippen LogP contribution in [0.3, 0.4) is 0 Å². The number of phenols is 1. The summed E-state index contributed by atoms with van der Waals surface area (Å²) in [5.41, 5.74) is 1.20. The Hall–Kier alpha value is -3.35. The Bertz CT molecular complexity index is 1240. The number of benzene rings is 3. The van der Waals surface area contributed by atoms with Crippen molar-refractivity contribution in [2.45, 2.75) is 12.6 Å². The van der Waals surface area contributed by atoms with Gasteiger partial charge in [-0.25, -0.2) is 4.39 Å². The molecule has 0 saturated carbocycles. The summed E-state index contributed by atoms with van der Waals surface area (Å²) in [5, 5.41) is 21.3. The van der Waals surface area contributed by atoms with Gasteiger partial charge in [-0.15, -0.1) is 0 Å². The van der Waals surface area contributed by atoms with Crippen molar-refractivity contribution >= 4 is 40.7 Å². The zero-order chi connectivity index (χ0) is 23.0. The highest BCUT2D eigenvalue weighted by Gasteiger charge is 2.46. The third kappa shape index (κ3) is 4.07. The van der Waals surface area contributed by atoms with Gasteiger partial charge in [0.15, 0.2) is 0 Å². The molecule has 2 N–H and O–H groups in total. The van der Waals surface area contributed by atoms with E-state index in [1.165, 1.54) is 59.5 Å². The topological polar surface area (TPSA) is 77.8 Å². The molecule has 0 aliphatic carbocycles.